The van der Waals surface area contributed by atoms with Gasteiger partial charge < -0.3 is 9.84 Å². The van der Waals surface area contributed by atoms with Crippen LogP contribution in [-0.4, -0.2) is 42.3 Å². The zero-order valence-electron chi connectivity index (χ0n) is 10.3. The third-order valence-corrected chi connectivity index (χ3v) is 3.12. The molecule has 104 valence electrons. The first-order chi connectivity index (χ1) is 9.06. The molecular formula is C13H15F2NO3. The van der Waals surface area contributed by atoms with Gasteiger partial charge in [-0.15, -0.1) is 0 Å². The van der Waals surface area contributed by atoms with E-state index in [1.165, 1.54) is 12.1 Å². The van der Waals surface area contributed by atoms with E-state index in [0.29, 0.717) is 31.9 Å². The number of nitrogens with zero attached hydrogens (tertiary/aromatic N) is 1. The molecule has 1 aromatic rings. The van der Waals surface area contributed by atoms with E-state index in [1.807, 2.05) is 4.90 Å². The maximum Gasteiger partial charge on any atom is 0.305 e. The van der Waals surface area contributed by atoms with Crippen LogP contribution in [0.15, 0.2) is 18.2 Å². The first-order valence-corrected chi connectivity index (χ1v) is 6.06. The Kier molecular flexibility index (Phi) is 4.44. The lowest BCUT2D eigenvalue weighted by Gasteiger charge is -2.34. The molecule has 1 atom stereocenters. The number of halogens is 2. The lowest BCUT2D eigenvalue weighted by molar-refractivity contribution is -0.139. The molecule has 6 heteroatoms. The summed E-state index contributed by atoms with van der Waals surface area (Å²) in [6, 6.07) is 2.62. The summed E-state index contributed by atoms with van der Waals surface area (Å²) in [5.74, 6) is -2.39. The third-order valence-electron chi connectivity index (χ3n) is 3.12. The first kappa shape index (κ1) is 13.9. The second kappa shape index (κ2) is 6.08. The van der Waals surface area contributed by atoms with Crippen LogP contribution in [0.1, 0.15) is 18.0 Å². The molecule has 1 aliphatic heterocycles. The van der Waals surface area contributed by atoms with E-state index in [-0.39, 0.29) is 6.42 Å². The highest BCUT2D eigenvalue weighted by molar-refractivity contribution is 5.68. The van der Waals surface area contributed by atoms with Gasteiger partial charge in [-0.3, -0.25) is 9.69 Å². The number of carbonyl (C=O) groups is 1. The van der Waals surface area contributed by atoms with Gasteiger partial charge in [0.2, 0.25) is 0 Å². The predicted octanol–water partition coefficient (Wildman–Crippen LogP) is 1.81. The maximum atomic E-state index is 13.3. The molecule has 1 saturated heterocycles. The molecule has 1 fully saturated rings. The van der Waals surface area contributed by atoms with Gasteiger partial charge in [0.15, 0.2) is 0 Å². The van der Waals surface area contributed by atoms with Crippen molar-refractivity contribution in [1.82, 2.24) is 4.90 Å². The fraction of sp³-hybridized carbons (Fsp3) is 0.462. The normalized spacial score (nSPS) is 18.2. The van der Waals surface area contributed by atoms with E-state index in [9.17, 15) is 13.6 Å². The standard InChI is InChI=1S/C13H15F2NO3/c14-10-5-9(6-11(15)7-10)12(8-13(17)18)16-1-3-19-4-2-16/h5-7,12H,1-4,8H2,(H,17,18). The maximum absolute atomic E-state index is 13.3. The molecule has 0 aliphatic carbocycles. The average Bonchev–Trinajstić information content (AvgIpc) is 2.35. The zero-order valence-corrected chi connectivity index (χ0v) is 10.3. The van der Waals surface area contributed by atoms with Crippen molar-refractivity contribution >= 4 is 5.97 Å². The second-order valence-electron chi connectivity index (χ2n) is 4.46. The van der Waals surface area contributed by atoms with E-state index in [2.05, 4.69) is 0 Å². The number of benzene rings is 1. The van der Waals surface area contributed by atoms with Crippen LogP contribution in [0.4, 0.5) is 8.78 Å². The van der Waals surface area contributed by atoms with Crippen molar-refractivity contribution in [1.29, 1.82) is 0 Å². The largest absolute Gasteiger partial charge is 0.481 e. The zero-order chi connectivity index (χ0) is 13.8. The minimum absolute atomic E-state index is 0.192. The Bertz CT molecular complexity index is 441. The van der Waals surface area contributed by atoms with Crippen LogP contribution in [0.25, 0.3) is 0 Å². The van der Waals surface area contributed by atoms with Gasteiger partial charge in [0.25, 0.3) is 0 Å². The van der Waals surface area contributed by atoms with Crippen molar-refractivity contribution < 1.29 is 23.4 Å². The SMILES string of the molecule is O=C(O)CC(c1cc(F)cc(F)c1)N1CCOCC1. The molecule has 1 aliphatic rings. The van der Waals surface area contributed by atoms with E-state index in [1.54, 1.807) is 0 Å². The van der Waals surface area contributed by atoms with Crippen molar-refractivity contribution in [3.8, 4) is 0 Å². The number of rotatable bonds is 4. The molecule has 1 heterocycles. The summed E-state index contributed by atoms with van der Waals surface area (Å²) >= 11 is 0. The minimum atomic E-state index is -0.999. The highest BCUT2D eigenvalue weighted by Gasteiger charge is 2.25. The van der Waals surface area contributed by atoms with Crippen molar-refractivity contribution in [2.24, 2.45) is 0 Å². The monoisotopic (exact) mass is 271 g/mol. The highest BCUT2D eigenvalue weighted by Crippen LogP contribution is 2.26. The molecular weight excluding hydrogens is 256 g/mol. The number of carboxylic acids is 1. The van der Waals surface area contributed by atoms with Gasteiger partial charge in [-0.1, -0.05) is 0 Å². The third kappa shape index (κ3) is 3.71. The van der Waals surface area contributed by atoms with Crippen LogP contribution in [0.5, 0.6) is 0 Å². The summed E-state index contributed by atoms with van der Waals surface area (Å²) in [6.07, 6.45) is -0.192. The predicted molar refractivity (Wildman–Crippen MR) is 63.7 cm³/mol. The van der Waals surface area contributed by atoms with Crippen LogP contribution < -0.4 is 0 Å². The summed E-state index contributed by atoms with van der Waals surface area (Å²) in [6.45, 7) is 2.09. The van der Waals surface area contributed by atoms with E-state index in [0.717, 1.165) is 6.07 Å². The Morgan fingerprint density at radius 2 is 1.84 bits per heavy atom. The molecule has 19 heavy (non-hydrogen) atoms. The Morgan fingerprint density at radius 1 is 1.26 bits per heavy atom. The minimum Gasteiger partial charge on any atom is -0.481 e. The van der Waals surface area contributed by atoms with Crippen LogP contribution in [0.2, 0.25) is 0 Å². The summed E-state index contributed by atoms with van der Waals surface area (Å²) in [4.78, 5) is 12.8. The molecule has 4 nitrogen and oxygen atoms in total. The number of morpholine rings is 1. The lowest BCUT2D eigenvalue weighted by Crippen LogP contribution is -2.40. The molecule has 0 spiro atoms. The van der Waals surface area contributed by atoms with Crippen molar-refractivity contribution in [3.63, 3.8) is 0 Å². The van der Waals surface area contributed by atoms with E-state index < -0.39 is 23.6 Å². The van der Waals surface area contributed by atoms with Crippen molar-refractivity contribution in [2.75, 3.05) is 26.3 Å². The molecule has 2 rings (SSSR count). The van der Waals surface area contributed by atoms with Crippen LogP contribution in [-0.2, 0) is 9.53 Å². The summed E-state index contributed by atoms with van der Waals surface area (Å²) in [5.41, 5.74) is 0.349. The average molecular weight is 271 g/mol. The fourth-order valence-electron chi connectivity index (χ4n) is 2.28. The quantitative estimate of drug-likeness (QED) is 0.907. The van der Waals surface area contributed by atoms with E-state index in [4.69, 9.17) is 9.84 Å². The second-order valence-corrected chi connectivity index (χ2v) is 4.46. The molecule has 0 aromatic heterocycles. The topological polar surface area (TPSA) is 49.8 Å². The van der Waals surface area contributed by atoms with Gasteiger partial charge >= 0.3 is 5.97 Å². The van der Waals surface area contributed by atoms with Crippen molar-refractivity contribution in [2.45, 2.75) is 12.5 Å². The van der Waals surface area contributed by atoms with Gasteiger partial charge in [0.1, 0.15) is 11.6 Å². The molecule has 1 N–H and O–H groups in total. The van der Waals surface area contributed by atoms with Gasteiger partial charge in [-0.2, -0.15) is 0 Å². The van der Waals surface area contributed by atoms with Gasteiger partial charge in [-0.25, -0.2) is 8.78 Å². The van der Waals surface area contributed by atoms with Gasteiger partial charge in [0.05, 0.1) is 19.6 Å². The van der Waals surface area contributed by atoms with E-state index >= 15 is 0 Å². The molecule has 1 aromatic carbocycles. The summed E-state index contributed by atoms with van der Waals surface area (Å²) < 4.78 is 31.7. The smallest absolute Gasteiger partial charge is 0.305 e. The summed E-state index contributed by atoms with van der Waals surface area (Å²) in [5, 5.41) is 8.97. The summed E-state index contributed by atoms with van der Waals surface area (Å²) in [7, 11) is 0. The molecule has 0 saturated carbocycles. The van der Waals surface area contributed by atoms with Crippen LogP contribution in [0.3, 0.4) is 0 Å². The number of ether oxygens (including phenoxy) is 1. The molecule has 0 radical (unpaired) electrons. The van der Waals surface area contributed by atoms with Crippen molar-refractivity contribution in [3.05, 3.63) is 35.4 Å². The molecule has 0 amide bonds. The Labute approximate surface area is 109 Å². The highest BCUT2D eigenvalue weighted by atomic mass is 19.1. The van der Waals surface area contributed by atoms with Crippen LogP contribution >= 0.6 is 0 Å². The van der Waals surface area contributed by atoms with Gasteiger partial charge in [-0.05, 0) is 17.7 Å². The lowest BCUT2D eigenvalue weighted by atomic mass is 10.0. The number of hydrogen-bond donors (Lipinski definition) is 1. The number of carboxylic acid groups (broad SMARTS) is 1. The molecule has 1 unspecified atom stereocenters. The number of hydrogen-bond acceptors (Lipinski definition) is 3. The first-order valence-electron chi connectivity index (χ1n) is 6.06. The van der Waals surface area contributed by atoms with Gasteiger partial charge in [0, 0.05) is 25.2 Å². The Balaban J connectivity index is 2.27. The fourth-order valence-corrected chi connectivity index (χ4v) is 2.28. The van der Waals surface area contributed by atoms with Crippen LogP contribution in [0, 0.1) is 11.6 Å². The number of aliphatic carboxylic acids is 1. The Morgan fingerprint density at radius 3 is 2.37 bits per heavy atom. The molecule has 0 bridgehead atoms. The Hall–Kier alpha value is -1.53.